The van der Waals surface area contributed by atoms with E-state index < -0.39 is 11.8 Å². The van der Waals surface area contributed by atoms with Crippen molar-refractivity contribution in [2.24, 2.45) is 0 Å². The summed E-state index contributed by atoms with van der Waals surface area (Å²) >= 11 is 8.76. The summed E-state index contributed by atoms with van der Waals surface area (Å²) in [6.07, 6.45) is 1.45. The molecule has 156 valence electrons. The number of hydrogen-bond donors (Lipinski definition) is 1. The number of ether oxygens (including phenoxy) is 1. The van der Waals surface area contributed by atoms with Crippen molar-refractivity contribution in [3.63, 3.8) is 0 Å². The molecule has 4 rings (SSSR count). The first-order valence-electron chi connectivity index (χ1n) is 9.46. The van der Waals surface area contributed by atoms with Crippen LogP contribution in [0.3, 0.4) is 0 Å². The molecule has 9 heteroatoms. The van der Waals surface area contributed by atoms with E-state index in [1.54, 1.807) is 6.07 Å². The van der Waals surface area contributed by atoms with Crippen molar-refractivity contribution < 1.29 is 18.7 Å². The number of nitrogens with zero attached hydrogens (tertiary/aromatic N) is 2. The van der Waals surface area contributed by atoms with E-state index >= 15 is 0 Å². The summed E-state index contributed by atoms with van der Waals surface area (Å²) in [6.45, 7) is 6.59. The first-order valence-corrected chi connectivity index (χ1v) is 10.7. The van der Waals surface area contributed by atoms with Crippen molar-refractivity contribution in [1.29, 1.82) is 0 Å². The van der Waals surface area contributed by atoms with Gasteiger partial charge in [-0.15, -0.1) is 0 Å². The standard InChI is InChI=1S/C21H20BrN3O4S/c1-12-3-4-14(9-13(12)2)25-19(27)16(18(26)23-21(25)30)10-15-11-17(22)20(29-15)24-5-7-28-8-6-24/h3-4,9-11H,5-8H2,1-2H3,(H,23,26,30)/b16-10-. The van der Waals surface area contributed by atoms with Crippen LogP contribution in [0.4, 0.5) is 11.6 Å². The minimum atomic E-state index is -0.550. The van der Waals surface area contributed by atoms with Crippen LogP contribution in [0.1, 0.15) is 16.9 Å². The Bertz CT molecular complexity index is 1070. The van der Waals surface area contributed by atoms with E-state index in [9.17, 15) is 9.59 Å². The molecule has 1 aromatic carbocycles. The molecule has 30 heavy (non-hydrogen) atoms. The van der Waals surface area contributed by atoms with E-state index in [0.29, 0.717) is 43.6 Å². The maximum absolute atomic E-state index is 13.2. The smallest absolute Gasteiger partial charge is 0.270 e. The van der Waals surface area contributed by atoms with Crippen molar-refractivity contribution in [2.75, 3.05) is 36.1 Å². The number of amides is 2. The number of morpholine rings is 1. The molecule has 0 spiro atoms. The molecule has 1 aromatic heterocycles. The molecule has 2 aliphatic heterocycles. The molecule has 0 radical (unpaired) electrons. The third-order valence-corrected chi connectivity index (χ3v) is 5.98. The third kappa shape index (κ3) is 3.92. The maximum atomic E-state index is 13.2. The normalized spacial score (nSPS) is 18.9. The van der Waals surface area contributed by atoms with E-state index in [1.165, 1.54) is 11.0 Å². The molecule has 0 unspecified atom stereocenters. The molecule has 2 fully saturated rings. The highest BCUT2D eigenvalue weighted by Gasteiger charge is 2.35. The number of hydrogen-bond acceptors (Lipinski definition) is 6. The highest BCUT2D eigenvalue weighted by atomic mass is 79.9. The van der Waals surface area contributed by atoms with Crippen LogP contribution >= 0.6 is 28.1 Å². The molecule has 7 nitrogen and oxygen atoms in total. The van der Waals surface area contributed by atoms with Gasteiger partial charge in [-0.1, -0.05) is 6.07 Å². The Morgan fingerprint density at radius 3 is 2.57 bits per heavy atom. The van der Waals surface area contributed by atoms with E-state index in [0.717, 1.165) is 15.6 Å². The SMILES string of the molecule is Cc1ccc(N2C(=O)/C(=C\c3cc(Br)c(N4CCOCC4)o3)C(=O)NC2=S)cc1C. The highest BCUT2D eigenvalue weighted by Crippen LogP contribution is 2.32. The number of nitrogens with one attached hydrogen (secondary N) is 1. The van der Waals surface area contributed by atoms with Crippen molar-refractivity contribution >= 4 is 62.7 Å². The van der Waals surface area contributed by atoms with Crippen LogP contribution in [-0.4, -0.2) is 43.2 Å². The summed E-state index contributed by atoms with van der Waals surface area (Å²) in [7, 11) is 0. The molecule has 2 saturated heterocycles. The van der Waals surface area contributed by atoms with E-state index in [4.69, 9.17) is 21.4 Å². The lowest BCUT2D eigenvalue weighted by Crippen LogP contribution is -2.54. The number of benzene rings is 1. The van der Waals surface area contributed by atoms with Crippen LogP contribution in [0.2, 0.25) is 0 Å². The summed E-state index contributed by atoms with van der Waals surface area (Å²) in [6, 6.07) is 7.33. The third-order valence-electron chi connectivity index (χ3n) is 5.12. The predicted molar refractivity (Wildman–Crippen MR) is 122 cm³/mol. The highest BCUT2D eigenvalue weighted by molar-refractivity contribution is 9.10. The average Bonchev–Trinajstić information content (AvgIpc) is 3.08. The first kappa shape index (κ1) is 20.8. The second kappa shape index (κ2) is 8.33. The fourth-order valence-electron chi connectivity index (χ4n) is 3.33. The summed E-state index contributed by atoms with van der Waals surface area (Å²) in [5, 5.41) is 2.65. The zero-order valence-corrected chi connectivity index (χ0v) is 18.9. The Kier molecular flexibility index (Phi) is 5.77. The fraction of sp³-hybridized carbons (Fsp3) is 0.286. The van der Waals surface area contributed by atoms with Gasteiger partial charge in [-0.05, 0) is 71.3 Å². The quantitative estimate of drug-likeness (QED) is 0.404. The predicted octanol–water partition coefficient (Wildman–Crippen LogP) is 3.33. The number of thiocarbonyl (C=S) groups is 1. The summed E-state index contributed by atoms with van der Waals surface area (Å²) in [5.41, 5.74) is 2.69. The molecular formula is C21H20BrN3O4S. The molecule has 1 N–H and O–H groups in total. The second-order valence-electron chi connectivity index (χ2n) is 7.13. The number of aryl methyl sites for hydroxylation is 2. The van der Waals surface area contributed by atoms with Crippen molar-refractivity contribution in [2.45, 2.75) is 13.8 Å². The first-order chi connectivity index (χ1) is 14.3. The number of anilines is 2. The summed E-state index contributed by atoms with van der Waals surface area (Å²) < 4.78 is 12.0. The Morgan fingerprint density at radius 2 is 1.87 bits per heavy atom. The van der Waals surface area contributed by atoms with Gasteiger partial charge in [0, 0.05) is 19.2 Å². The molecule has 0 bridgehead atoms. The van der Waals surface area contributed by atoms with Gasteiger partial charge in [0.25, 0.3) is 11.8 Å². The monoisotopic (exact) mass is 489 g/mol. The van der Waals surface area contributed by atoms with Crippen molar-refractivity contribution in [3.05, 3.63) is 51.2 Å². The van der Waals surface area contributed by atoms with E-state index in [-0.39, 0.29) is 10.7 Å². The fourth-order valence-corrected chi connectivity index (χ4v) is 4.17. The molecule has 0 aliphatic carbocycles. The zero-order chi connectivity index (χ0) is 21.4. The minimum Gasteiger partial charge on any atom is -0.440 e. The number of rotatable bonds is 3. The number of carbonyl (C=O) groups excluding carboxylic acids is 2. The van der Waals surface area contributed by atoms with Gasteiger partial charge in [0.05, 0.1) is 23.4 Å². The number of carbonyl (C=O) groups is 2. The Hall–Kier alpha value is -2.49. The van der Waals surface area contributed by atoms with Crippen LogP contribution < -0.4 is 15.1 Å². The molecule has 0 atom stereocenters. The number of halogens is 1. The molecule has 3 heterocycles. The Morgan fingerprint density at radius 1 is 1.13 bits per heavy atom. The zero-order valence-electron chi connectivity index (χ0n) is 16.5. The number of furan rings is 1. The molecular weight excluding hydrogens is 470 g/mol. The topological polar surface area (TPSA) is 75.0 Å². The Balaban J connectivity index is 1.66. The van der Waals surface area contributed by atoms with E-state index in [2.05, 4.69) is 26.1 Å². The largest absolute Gasteiger partial charge is 0.440 e. The van der Waals surface area contributed by atoms with Crippen molar-refractivity contribution in [3.8, 4) is 0 Å². The summed E-state index contributed by atoms with van der Waals surface area (Å²) in [5.74, 6) is 0.00283. The van der Waals surface area contributed by atoms with Gasteiger partial charge in [0.2, 0.25) is 5.88 Å². The lowest BCUT2D eigenvalue weighted by atomic mass is 10.1. The minimum absolute atomic E-state index is 0.0448. The van der Waals surface area contributed by atoms with Gasteiger partial charge in [-0.25, -0.2) is 0 Å². The molecule has 0 saturated carbocycles. The van der Waals surface area contributed by atoms with Gasteiger partial charge >= 0.3 is 0 Å². The van der Waals surface area contributed by atoms with Crippen LogP contribution in [0.25, 0.3) is 6.08 Å². The van der Waals surface area contributed by atoms with Gasteiger partial charge in [-0.2, -0.15) is 0 Å². The van der Waals surface area contributed by atoms with Gasteiger partial charge < -0.3 is 14.1 Å². The van der Waals surface area contributed by atoms with Crippen LogP contribution in [0.15, 0.2) is 38.7 Å². The van der Waals surface area contributed by atoms with Crippen molar-refractivity contribution in [1.82, 2.24) is 5.32 Å². The van der Waals surface area contributed by atoms with Crippen LogP contribution in [-0.2, 0) is 14.3 Å². The average molecular weight is 490 g/mol. The lowest BCUT2D eigenvalue weighted by molar-refractivity contribution is -0.122. The van der Waals surface area contributed by atoms with Crippen LogP contribution in [0, 0.1) is 13.8 Å². The van der Waals surface area contributed by atoms with Crippen LogP contribution in [0.5, 0.6) is 0 Å². The van der Waals surface area contributed by atoms with E-state index in [1.807, 2.05) is 32.0 Å². The van der Waals surface area contributed by atoms with Gasteiger partial charge in [-0.3, -0.25) is 19.8 Å². The van der Waals surface area contributed by atoms with Gasteiger partial charge in [0.15, 0.2) is 5.11 Å². The second-order valence-corrected chi connectivity index (χ2v) is 8.37. The maximum Gasteiger partial charge on any atom is 0.270 e. The lowest BCUT2D eigenvalue weighted by Gasteiger charge is -2.29. The molecule has 2 aromatic rings. The van der Waals surface area contributed by atoms with Gasteiger partial charge in [0.1, 0.15) is 11.3 Å². The Labute approximate surface area is 187 Å². The molecule has 2 aliphatic rings. The molecule has 2 amide bonds. The summed E-state index contributed by atoms with van der Waals surface area (Å²) in [4.78, 5) is 29.1.